The minimum Gasteiger partial charge on any atom is -0.507 e. The number of nitrogens with zero attached hydrogens (tertiary/aromatic N) is 12. The number of phenols is 1. The lowest BCUT2D eigenvalue weighted by Crippen LogP contribution is -2.24. The van der Waals surface area contributed by atoms with Crippen molar-refractivity contribution in [1.29, 1.82) is 0 Å². The smallest absolute Gasteiger partial charge is 0.212 e. The highest BCUT2D eigenvalue weighted by Crippen LogP contribution is 2.37. The number of aromatic hydroxyl groups is 1. The molecule has 0 spiro atoms. The summed E-state index contributed by atoms with van der Waals surface area (Å²) in [4.78, 5) is 15.2. The van der Waals surface area contributed by atoms with E-state index in [2.05, 4.69) is 82.1 Å². The Bertz CT molecular complexity index is 3590. The highest BCUT2D eigenvalue weighted by atomic mass is 35.5. The maximum atomic E-state index is 10.0. The van der Waals surface area contributed by atoms with Crippen LogP contribution in [0.5, 0.6) is 11.6 Å². The zero-order valence-corrected chi connectivity index (χ0v) is 52.6. The van der Waals surface area contributed by atoms with Gasteiger partial charge in [-0.3, -0.25) is 0 Å². The molecule has 0 saturated carbocycles. The number of pyridine rings is 2. The van der Waals surface area contributed by atoms with Crippen molar-refractivity contribution in [2.75, 3.05) is 41.4 Å². The number of hydrogen-bond acceptors (Lipinski definition) is 16. The normalized spacial score (nSPS) is 11.0. The molecule has 0 atom stereocenters. The lowest BCUT2D eigenvalue weighted by atomic mass is 10.1. The Hall–Kier alpha value is -6.15. The van der Waals surface area contributed by atoms with E-state index >= 15 is 0 Å². The van der Waals surface area contributed by atoms with E-state index in [1.807, 2.05) is 122 Å². The monoisotopic (exact) mass is 1250 g/mol. The van der Waals surface area contributed by atoms with E-state index in [0.29, 0.717) is 51.4 Å². The molecular formula is C60H63Cl5N12O2S3. The molecule has 14 nitrogen and oxygen atoms in total. The van der Waals surface area contributed by atoms with Gasteiger partial charge in [0.05, 0.1) is 7.11 Å². The molecule has 10 rings (SSSR count). The van der Waals surface area contributed by atoms with Gasteiger partial charge in [0.1, 0.15) is 21.4 Å². The molecule has 4 aromatic carbocycles. The number of unbranched alkanes of at least 4 members (excludes halogenated alkanes) is 3. The molecule has 6 heterocycles. The molecule has 0 amide bonds. The highest BCUT2D eigenvalue weighted by molar-refractivity contribution is 7.19. The molecule has 0 saturated heterocycles. The number of benzene rings is 4. The fraction of sp³-hybridized carbons (Fsp3) is 0.300. The third-order valence-corrected chi connectivity index (χ3v) is 18.0. The zero-order valence-electron chi connectivity index (χ0n) is 46.4. The average molecular weight is 1260 g/mol. The first-order valence-corrected chi connectivity index (χ1v) is 31.2. The Morgan fingerprint density at radius 3 is 1.46 bits per heavy atom. The number of halogens is 5. The number of hydrogen-bond donors (Lipinski definition) is 1. The van der Waals surface area contributed by atoms with Crippen LogP contribution in [0.1, 0.15) is 87.1 Å². The first-order chi connectivity index (χ1) is 39.8. The number of fused-ring (bicyclic) bond motifs is 1. The number of aryl methyl sites for hydroxylation is 2. The van der Waals surface area contributed by atoms with Crippen LogP contribution in [-0.2, 0) is 19.6 Å². The molecule has 1 N–H and O–H groups in total. The Morgan fingerprint density at radius 1 is 0.512 bits per heavy atom. The first-order valence-electron chi connectivity index (χ1n) is 26.9. The van der Waals surface area contributed by atoms with Crippen LogP contribution in [-0.4, -0.2) is 76.8 Å². The fourth-order valence-electron chi connectivity index (χ4n) is 8.48. The number of ether oxygens (including phenoxy) is 1. The van der Waals surface area contributed by atoms with Gasteiger partial charge in [-0.15, -0.1) is 30.6 Å². The Morgan fingerprint density at radius 2 is 0.988 bits per heavy atom. The first kappa shape index (κ1) is 61.9. The van der Waals surface area contributed by atoms with Gasteiger partial charge in [-0.25, -0.2) is 9.97 Å². The summed E-state index contributed by atoms with van der Waals surface area (Å²) in [6, 6.07) is 30.8. The van der Waals surface area contributed by atoms with Crippen LogP contribution in [0.4, 0.5) is 15.4 Å². The van der Waals surface area contributed by atoms with Gasteiger partial charge in [0.15, 0.2) is 5.01 Å². The average Bonchev–Trinajstić information content (AvgIpc) is 4.40. The summed E-state index contributed by atoms with van der Waals surface area (Å²) in [6.45, 7) is 14.9. The van der Waals surface area contributed by atoms with Gasteiger partial charge < -0.3 is 28.9 Å². The summed E-state index contributed by atoms with van der Waals surface area (Å²) >= 11 is 36.5. The van der Waals surface area contributed by atoms with Gasteiger partial charge in [-0.1, -0.05) is 162 Å². The number of imidazole rings is 1. The number of phenolic OH excluding ortho intramolecular Hbond substituents is 1. The van der Waals surface area contributed by atoms with Crippen molar-refractivity contribution in [3.8, 4) is 43.3 Å². The molecular weight excluding hydrogens is 1190 g/mol. The molecule has 0 aliphatic heterocycles. The third-order valence-electron chi connectivity index (χ3n) is 13.1. The van der Waals surface area contributed by atoms with E-state index in [9.17, 15) is 5.11 Å². The number of methoxy groups -OCH3 is 1. The van der Waals surface area contributed by atoms with E-state index in [4.69, 9.17) is 62.7 Å². The van der Waals surface area contributed by atoms with Crippen molar-refractivity contribution in [2.45, 2.75) is 92.8 Å². The van der Waals surface area contributed by atoms with Gasteiger partial charge in [0, 0.05) is 123 Å². The second-order valence-electron chi connectivity index (χ2n) is 19.1. The van der Waals surface area contributed by atoms with E-state index < -0.39 is 0 Å². The molecule has 0 radical (unpaired) electrons. The van der Waals surface area contributed by atoms with Gasteiger partial charge in [0.25, 0.3) is 0 Å². The minimum absolute atomic E-state index is 0.340. The van der Waals surface area contributed by atoms with Crippen molar-refractivity contribution in [3.63, 3.8) is 0 Å². The van der Waals surface area contributed by atoms with Crippen LogP contribution in [0.15, 0.2) is 122 Å². The summed E-state index contributed by atoms with van der Waals surface area (Å²) in [6.07, 6.45) is 13.9. The molecule has 0 aliphatic rings. The summed E-state index contributed by atoms with van der Waals surface area (Å²) in [5.41, 5.74) is 8.39. The molecule has 0 fully saturated rings. The predicted molar refractivity (Wildman–Crippen MR) is 343 cm³/mol. The number of aromatic nitrogens is 9. The van der Waals surface area contributed by atoms with Crippen LogP contribution in [0.25, 0.3) is 37.4 Å². The van der Waals surface area contributed by atoms with Crippen LogP contribution in [0.2, 0.25) is 25.1 Å². The second-order valence-corrected chi connectivity index (χ2v) is 24.0. The van der Waals surface area contributed by atoms with E-state index in [1.54, 1.807) is 42.2 Å². The molecule has 0 aliphatic carbocycles. The maximum absolute atomic E-state index is 10.0. The van der Waals surface area contributed by atoms with E-state index in [-0.39, 0.29) is 0 Å². The molecule has 22 heteroatoms. The second kappa shape index (κ2) is 30.4. The standard InChI is InChI=1S/C21H24ClN3OS.C20H19Cl2N5S.C19H20Cl2N4OS/c1-4-5-10-25(13-16-8-6-7-9-18(16)22)21-24-23-20(27-21)17-11-14(2)19(26)15(3)12-17;1-2-3-9-27(13-15-16(21)5-4-6-17(15)22)20-25-24-19(28-20)14-7-10-26-11-8-23-18(26)12-14;1-3-4-10-25(12-14-15(20)6-5-7-16(14)21)19-24-23-18(27-19)13-8-9-17(26-2)22-11-13/h6-9,11-12,26H,4-5,10,13H2,1-3H3;4-8,10-12H,2-3,9,13H2,1H3;5-9,11H,3-4,10,12H2,1-2H3. The van der Waals surface area contributed by atoms with E-state index in [0.717, 1.165) is 144 Å². The summed E-state index contributed by atoms with van der Waals surface area (Å²) < 4.78 is 7.08. The van der Waals surface area contributed by atoms with Crippen molar-refractivity contribution < 1.29 is 9.84 Å². The summed E-state index contributed by atoms with van der Waals surface area (Å²) in [5.74, 6) is 0.910. The SMILES string of the molecule is CCCCN(Cc1c(Cl)cccc1Cl)c1nnc(-c2ccc(OC)nc2)s1.CCCCN(Cc1c(Cl)cccc1Cl)c1nnc(-c2ccn3ccnc3c2)s1.CCCCN(Cc1ccccc1Cl)c1nnc(-c2cc(C)c(O)c(C)c2)s1. The molecule has 0 bridgehead atoms. The van der Waals surface area contributed by atoms with E-state index in [1.165, 1.54) is 11.3 Å². The summed E-state index contributed by atoms with van der Waals surface area (Å²) in [5, 5.41) is 45.0. The van der Waals surface area contributed by atoms with Crippen molar-refractivity contribution in [1.82, 2.24) is 45.0 Å². The lowest BCUT2D eigenvalue weighted by molar-refractivity contribution is 0.398. The third kappa shape index (κ3) is 16.3. The topological polar surface area (TPSA) is 147 Å². The Kier molecular flexibility index (Phi) is 23.0. The van der Waals surface area contributed by atoms with Gasteiger partial charge in [-0.05, 0) is 110 Å². The predicted octanol–water partition coefficient (Wildman–Crippen LogP) is 17.7. The van der Waals surface area contributed by atoms with Crippen molar-refractivity contribution >= 4 is 113 Å². The largest absolute Gasteiger partial charge is 0.507 e. The fourth-order valence-corrected chi connectivity index (χ4v) is 12.3. The molecule has 6 aromatic heterocycles. The highest BCUT2D eigenvalue weighted by Gasteiger charge is 2.21. The number of anilines is 3. The van der Waals surface area contributed by atoms with Crippen LogP contribution >= 0.6 is 92.0 Å². The summed E-state index contributed by atoms with van der Waals surface area (Å²) in [7, 11) is 1.59. The van der Waals surface area contributed by atoms with Gasteiger partial charge >= 0.3 is 0 Å². The Labute approximate surface area is 516 Å². The maximum Gasteiger partial charge on any atom is 0.212 e. The van der Waals surface area contributed by atoms with Gasteiger partial charge in [-0.2, -0.15) is 0 Å². The zero-order chi connectivity index (χ0) is 58.1. The lowest BCUT2D eigenvalue weighted by Gasteiger charge is -2.22. The minimum atomic E-state index is 0.340. The molecule has 0 unspecified atom stereocenters. The molecule has 428 valence electrons. The van der Waals surface area contributed by atoms with Crippen LogP contribution < -0.4 is 19.4 Å². The van der Waals surface area contributed by atoms with Crippen molar-refractivity contribution in [3.05, 3.63) is 175 Å². The quantitative estimate of drug-likeness (QED) is 0.0687. The van der Waals surface area contributed by atoms with Crippen LogP contribution in [0.3, 0.4) is 0 Å². The van der Waals surface area contributed by atoms with Crippen molar-refractivity contribution in [2.24, 2.45) is 0 Å². The number of rotatable bonds is 22. The Balaban J connectivity index is 0.000000161. The van der Waals surface area contributed by atoms with Crippen LogP contribution in [0, 0.1) is 13.8 Å². The van der Waals surface area contributed by atoms with Gasteiger partial charge in [0.2, 0.25) is 21.3 Å². The molecule has 82 heavy (non-hydrogen) atoms. The molecule has 10 aromatic rings.